The molecule has 5 heteroatoms. The molecule has 0 bridgehead atoms. The van der Waals surface area contributed by atoms with Gasteiger partial charge in [-0.2, -0.15) is 0 Å². The van der Waals surface area contributed by atoms with Gasteiger partial charge in [0, 0.05) is 23.2 Å². The van der Waals surface area contributed by atoms with Crippen molar-refractivity contribution in [1.29, 1.82) is 0 Å². The van der Waals surface area contributed by atoms with Crippen molar-refractivity contribution in [2.24, 2.45) is 0 Å². The maximum absolute atomic E-state index is 4.66. The minimum atomic E-state index is 0.617. The summed E-state index contributed by atoms with van der Waals surface area (Å²) in [6.45, 7) is 9.74. The molecule has 1 aliphatic heterocycles. The highest BCUT2D eigenvalue weighted by Gasteiger charge is 2.24. The van der Waals surface area contributed by atoms with Gasteiger partial charge in [-0.05, 0) is 40.5 Å². The molecule has 4 nitrogen and oxygen atoms in total. The normalized spacial score (nSPS) is 24.6. The van der Waals surface area contributed by atoms with Crippen LogP contribution in [-0.4, -0.2) is 26.5 Å². The molecule has 0 radical (unpaired) electrons. The summed E-state index contributed by atoms with van der Waals surface area (Å²) >= 11 is 1.76. The van der Waals surface area contributed by atoms with E-state index in [1.54, 1.807) is 11.3 Å². The number of fused-ring (bicyclic) bond motifs is 1. The Bertz CT molecular complexity index is 590. The summed E-state index contributed by atoms with van der Waals surface area (Å²) in [6, 6.07) is 1.23. The van der Waals surface area contributed by atoms with Gasteiger partial charge < -0.3 is 0 Å². The Morgan fingerprint density at radius 1 is 1.30 bits per heavy atom. The van der Waals surface area contributed by atoms with Crippen LogP contribution in [0.5, 0.6) is 0 Å². The quantitative estimate of drug-likeness (QED) is 0.942. The fraction of sp³-hybridized carbons (Fsp3) is 0.667. The highest BCUT2D eigenvalue weighted by Crippen LogP contribution is 2.23. The number of hydrogen-bond acceptors (Lipinski definition) is 4. The molecule has 2 unspecified atom stereocenters. The highest BCUT2D eigenvalue weighted by molar-refractivity contribution is 7.17. The largest absolute Gasteiger partial charge is 0.293 e. The van der Waals surface area contributed by atoms with Crippen molar-refractivity contribution in [3.8, 4) is 0 Å². The van der Waals surface area contributed by atoms with Crippen LogP contribution in [0.25, 0.3) is 4.96 Å². The molecule has 3 rings (SSSR count). The van der Waals surface area contributed by atoms with Crippen molar-refractivity contribution in [3.05, 3.63) is 22.5 Å². The van der Waals surface area contributed by atoms with Gasteiger partial charge >= 0.3 is 0 Å². The molecular weight excluding hydrogens is 268 g/mol. The van der Waals surface area contributed by atoms with Gasteiger partial charge in [0.25, 0.3) is 0 Å². The van der Waals surface area contributed by atoms with Crippen LogP contribution < -0.4 is 5.43 Å². The zero-order valence-electron chi connectivity index (χ0n) is 12.8. The molecule has 2 atom stereocenters. The number of hydrazine groups is 1. The molecule has 1 fully saturated rings. The molecule has 1 aliphatic rings. The number of aryl methyl sites for hydroxylation is 2. The Hall–Kier alpha value is -0.910. The Morgan fingerprint density at radius 3 is 2.70 bits per heavy atom. The van der Waals surface area contributed by atoms with Crippen LogP contribution in [0.2, 0.25) is 0 Å². The first-order valence-electron chi connectivity index (χ1n) is 7.52. The molecular formula is C15H24N4S. The molecule has 0 saturated carbocycles. The number of rotatable bonds is 3. The number of thiazole rings is 1. The lowest BCUT2D eigenvalue weighted by Crippen LogP contribution is -2.51. The fourth-order valence-electron chi connectivity index (χ4n) is 3.22. The monoisotopic (exact) mass is 292 g/mol. The Morgan fingerprint density at radius 2 is 2.00 bits per heavy atom. The number of piperidine rings is 1. The van der Waals surface area contributed by atoms with Crippen LogP contribution in [0.1, 0.15) is 49.4 Å². The third kappa shape index (κ3) is 2.50. The van der Waals surface area contributed by atoms with Gasteiger partial charge in [0.1, 0.15) is 0 Å². The van der Waals surface area contributed by atoms with Crippen molar-refractivity contribution in [2.45, 2.75) is 65.6 Å². The first-order valence-corrected chi connectivity index (χ1v) is 8.33. The number of nitrogens with zero attached hydrogens (tertiary/aromatic N) is 3. The van der Waals surface area contributed by atoms with Crippen LogP contribution in [-0.2, 0) is 6.54 Å². The van der Waals surface area contributed by atoms with E-state index in [2.05, 4.69) is 53.7 Å². The maximum atomic E-state index is 4.66. The molecule has 3 heterocycles. The molecule has 1 saturated heterocycles. The summed E-state index contributed by atoms with van der Waals surface area (Å²) < 4.78 is 2.24. The van der Waals surface area contributed by atoms with Crippen molar-refractivity contribution in [2.75, 3.05) is 0 Å². The van der Waals surface area contributed by atoms with Crippen LogP contribution in [0.3, 0.4) is 0 Å². The third-order valence-electron chi connectivity index (χ3n) is 4.36. The molecule has 110 valence electrons. The van der Waals surface area contributed by atoms with E-state index in [1.807, 2.05) is 0 Å². The second kappa shape index (κ2) is 5.47. The standard InChI is InChI=1S/C15H24N4S/c1-10-6-5-7-11(2)19(10)16-8-14-13(4)17-15-18(14)9-12(3)20-15/h9-11,16H,5-8H2,1-4H3. The zero-order valence-corrected chi connectivity index (χ0v) is 13.6. The average molecular weight is 292 g/mol. The van der Waals surface area contributed by atoms with Crippen molar-refractivity contribution in [1.82, 2.24) is 19.8 Å². The van der Waals surface area contributed by atoms with Crippen LogP contribution in [0, 0.1) is 13.8 Å². The molecule has 0 aliphatic carbocycles. The summed E-state index contributed by atoms with van der Waals surface area (Å²) in [5.41, 5.74) is 6.07. The summed E-state index contributed by atoms with van der Waals surface area (Å²) in [5.74, 6) is 0. The predicted octanol–water partition coefficient (Wildman–Crippen LogP) is 3.28. The molecule has 20 heavy (non-hydrogen) atoms. The summed E-state index contributed by atoms with van der Waals surface area (Å²) in [5, 5.41) is 2.43. The van der Waals surface area contributed by atoms with E-state index in [9.17, 15) is 0 Å². The fourth-order valence-corrected chi connectivity index (χ4v) is 4.11. The Labute approximate surface area is 124 Å². The minimum absolute atomic E-state index is 0.617. The number of hydrogen-bond donors (Lipinski definition) is 1. The van der Waals surface area contributed by atoms with Gasteiger partial charge in [0.15, 0.2) is 4.96 Å². The SMILES string of the molecule is Cc1cn2c(CNN3C(C)CCCC3C)c(C)nc2s1. The van der Waals surface area contributed by atoms with Crippen molar-refractivity contribution >= 4 is 16.3 Å². The van der Waals surface area contributed by atoms with Gasteiger partial charge in [0.05, 0.1) is 17.9 Å². The van der Waals surface area contributed by atoms with Gasteiger partial charge in [-0.15, -0.1) is 11.3 Å². The van der Waals surface area contributed by atoms with Gasteiger partial charge in [-0.1, -0.05) is 6.42 Å². The predicted molar refractivity (Wildman–Crippen MR) is 84.0 cm³/mol. The molecule has 2 aromatic heterocycles. The second-order valence-corrected chi connectivity index (χ2v) is 7.22. The third-order valence-corrected chi connectivity index (χ3v) is 5.26. The number of nitrogens with one attached hydrogen (secondary N) is 1. The lowest BCUT2D eigenvalue weighted by molar-refractivity contribution is 0.0429. The van der Waals surface area contributed by atoms with E-state index in [1.165, 1.54) is 29.8 Å². The van der Waals surface area contributed by atoms with Gasteiger partial charge in [-0.25, -0.2) is 15.4 Å². The number of imidazole rings is 1. The van der Waals surface area contributed by atoms with E-state index >= 15 is 0 Å². The summed E-state index contributed by atoms with van der Waals surface area (Å²) in [7, 11) is 0. The van der Waals surface area contributed by atoms with Crippen LogP contribution >= 0.6 is 11.3 Å². The maximum Gasteiger partial charge on any atom is 0.194 e. The lowest BCUT2D eigenvalue weighted by Gasteiger charge is -2.39. The Kier molecular flexibility index (Phi) is 3.84. The van der Waals surface area contributed by atoms with Crippen LogP contribution in [0.15, 0.2) is 6.20 Å². The van der Waals surface area contributed by atoms with E-state index in [0.29, 0.717) is 12.1 Å². The molecule has 1 N–H and O–H groups in total. The first-order chi connectivity index (χ1) is 9.56. The zero-order chi connectivity index (χ0) is 14.3. The topological polar surface area (TPSA) is 32.6 Å². The second-order valence-electron chi connectivity index (χ2n) is 6.01. The molecule has 0 amide bonds. The number of aromatic nitrogens is 2. The first kappa shape index (κ1) is 14.0. The average Bonchev–Trinajstić information content (AvgIpc) is 2.85. The molecule has 2 aromatic rings. The summed E-state index contributed by atoms with van der Waals surface area (Å²) in [4.78, 5) is 7.08. The Balaban J connectivity index is 1.77. The lowest BCUT2D eigenvalue weighted by atomic mass is 10.00. The van der Waals surface area contributed by atoms with Crippen molar-refractivity contribution < 1.29 is 0 Å². The van der Waals surface area contributed by atoms with Gasteiger partial charge in [-0.3, -0.25) is 4.40 Å². The van der Waals surface area contributed by atoms with E-state index in [0.717, 1.165) is 17.2 Å². The molecule has 0 spiro atoms. The van der Waals surface area contributed by atoms with E-state index in [4.69, 9.17) is 0 Å². The smallest absolute Gasteiger partial charge is 0.194 e. The van der Waals surface area contributed by atoms with E-state index in [-0.39, 0.29) is 0 Å². The highest BCUT2D eigenvalue weighted by atomic mass is 32.1. The summed E-state index contributed by atoms with van der Waals surface area (Å²) in [6.07, 6.45) is 6.12. The van der Waals surface area contributed by atoms with Crippen LogP contribution in [0.4, 0.5) is 0 Å². The van der Waals surface area contributed by atoms with E-state index < -0.39 is 0 Å². The van der Waals surface area contributed by atoms with Gasteiger partial charge in [0.2, 0.25) is 0 Å². The minimum Gasteiger partial charge on any atom is -0.293 e. The molecule has 0 aromatic carbocycles. The van der Waals surface area contributed by atoms with Crippen molar-refractivity contribution in [3.63, 3.8) is 0 Å².